The van der Waals surface area contributed by atoms with E-state index in [2.05, 4.69) is 23.2 Å². The Bertz CT molecular complexity index is 897. The first-order valence-electron chi connectivity index (χ1n) is 8.40. The predicted octanol–water partition coefficient (Wildman–Crippen LogP) is 2.71. The summed E-state index contributed by atoms with van der Waals surface area (Å²) in [6.45, 7) is 0. The molecule has 0 bridgehead atoms. The highest BCUT2D eigenvalue weighted by Gasteiger charge is 2.36. The van der Waals surface area contributed by atoms with Crippen molar-refractivity contribution in [3.05, 3.63) is 65.7 Å². The Morgan fingerprint density at radius 3 is 2.65 bits per heavy atom. The van der Waals surface area contributed by atoms with Crippen molar-refractivity contribution in [2.75, 3.05) is 4.90 Å². The van der Waals surface area contributed by atoms with E-state index in [1.165, 1.54) is 0 Å². The molecule has 2 N–H and O–H groups in total. The average Bonchev–Trinajstić information content (AvgIpc) is 2.97. The summed E-state index contributed by atoms with van der Waals surface area (Å²) in [4.78, 5) is 18.1. The number of nitrogens with zero attached hydrogens (tertiary/aromatic N) is 3. The molecule has 2 aliphatic heterocycles. The first-order valence-corrected chi connectivity index (χ1v) is 8.91. The van der Waals surface area contributed by atoms with Gasteiger partial charge < -0.3 is 5.11 Å². The van der Waals surface area contributed by atoms with E-state index in [4.69, 9.17) is 10.1 Å². The smallest absolute Gasteiger partial charge is 0.303 e. The molecule has 132 valence electrons. The molecule has 0 unspecified atom stereocenters. The van der Waals surface area contributed by atoms with Gasteiger partial charge in [-0.3, -0.25) is 20.1 Å². The molecule has 2 aliphatic rings. The lowest BCUT2D eigenvalue weighted by Gasteiger charge is -2.25. The number of carboxylic acid groups (broad SMARTS) is 1. The number of anilines is 1. The van der Waals surface area contributed by atoms with Crippen molar-refractivity contribution in [3.8, 4) is 0 Å². The number of hydrazone groups is 1. The number of thiol groups is 1. The molecule has 0 amide bonds. The normalized spacial score (nSPS) is 21.0. The Labute approximate surface area is 156 Å². The maximum atomic E-state index is 11.1. The van der Waals surface area contributed by atoms with Crippen molar-refractivity contribution in [1.29, 1.82) is 0 Å². The van der Waals surface area contributed by atoms with Gasteiger partial charge in [0.15, 0.2) is 11.3 Å². The van der Waals surface area contributed by atoms with Crippen LogP contribution in [0.1, 0.15) is 24.0 Å². The van der Waals surface area contributed by atoms with E-state index in [-0.39, 0.29) is 18.0 Å². The lowest BCUT2D eigenvalue weighted by Crippen LogP contribution is -2.40. The number of aliphatic carboxylic acids is 1. The zero-order chi connectivity index (χ0) is 18.1. The van der Waals surface area contributed by atoms with E-state index in [0.29, 0.717) is 12.3 Å². The number of hydrogen-bond acceptors (Lipinski definition) is 6. The number of benzene rings is 2. The van der Waals surface area contributed by atoms with Gasteiger partial charge in [-0.05, 0) is 12.5 Å². The number of nitrogens with one attached hydrogen (secondary N) is 1. The zero-order valence-corrected chi connectivity index (χ0v) is 14.8. The minimum absolute atomic E-state index is 0.0245. The molecule has 0 saturated carbocycles. The van der Waals surface area contributed by atoms with Crippen LogP contribution in [0.15, 0.2) is 64.7 Å². The van der Waals surface area contributed by atoms with Gasteiger partial charge in [0.1, 0.15) is 6.04 Å². The van der Waals surface area contributed by atoms with Gasteiger partial charge in [0.25, 0.3) is 0 Å². The highest BCUT2D eigenvalue weighted by atomic mass is 32.1. The molecule has 0 aromatic heterocycles. The van der Waals surface area contributed by atoms with Crippen LogP contribution in [0.2, 0.25) is 0 Å². The summed E-state index contributed by atoms with van der Waals surface area (Å²) in [5.74, 6) is -0.145. The van der Waals surface area contributed by atoms with Crippen LogP contribution in [0.3, 0.4) is 0 Å². The standard InChI is InChI=1S/C19H18N4O2S/c24-16(25)11-10-14-18-21-22-19(26)23(18)15-9-5-4-8-13(15)17(20-14)12-6-2-1-3-7-12/h1-9,14,19,22,26H,10-11H2,(H,24,25)/t14-,19+/m0/s1. The number of carbonyl (C=O) groups is 1. The Hall–Kier alpha value is -2.80. The zero-order valence-electron chi connectivity index (χ0n) is 13.9. The lowest BCUT2D eigenvalue weighted by molar-refractivity contribution is -0.137. The molecule has 0 spiro atoms. The molecular formula is C19H18N4O2S. The third kappa shape index (κ3) is 2.94. The minimum atomic E-state index is -0.844. The van der Waals surface area contributed by atoms with Gasteiger partial charge in [0.2, 0.25) is 0 Å². The number of fused-ring (bicyclic) bond motifs is 3. The summed E-state index contributed by atoms with van der Waals surface area (Å²) in [6, 6.07) is 17.5. The van der Waals surface area contributed by atoms with Crippen molar-refractivity contribution in [1.82, 2.24) is 5.43 Å². The van der Waals surface area contributed by atoms with Crippen molar-refractivity contribution < 1.29 is 9.90 Å². The summed E-state index contributed by atoms with van der Waals surface area (Å²) in [7, 11) is 0. The molecule has 0 aliphatic carbocycles. The van der Waals surface area contributed by atoms with Crippen LogP contribution < -0.4 is 10.3 Å². The number of para-hydroxylation sites is 1. The summed E-state index contributed by atoms with van der Waals surface area (Å²) in [5, 5.41) is 13.5. The van der Waals surface area contributed by atoms with Crippen LogP contribution >= 0.6 is 12.6 Å². The first-order chi connectivity index (χ1) is 12.6. The van der Waals surface area contributed by atoms with Crippen LogP contribution in [0.25, 0.3) is 0 Å². The Kier molecular flexibility index (Phi) is 4.38. The van der Waals surface area contributed by atoms with Gasteiger partial charge in [0, 0.05) is 17.5 Å². The van der Waals surface area contributed by atoms with Crippen molar-refractivity contribution in [2.45, 2.75) is 24.4 Å². The molecule has 0 radical (unpaired) electrons. The third-order valence-electron chi connectivity index (χ3n) is 4.47. The third-order valence-corrected chi connectivity index (χ3v) is 4.81. The lowest BCUT2D eigenvalue weighted by atomic mass is 10.0. The molecule has 4 rings (SSSR count). The molecule has 0 fully saturated rings. The van der Waals surface area contributed by atoms with Gasteiger partial charge in [-0.2, -0.15) is 5.10 Å². The van der Waals surface area contributed by atoms with Crippen LogP contribution in [0.5, 0.6) is 0 Å². The maximum absolute atomic E-state index is 11.1. The SMILES string of the molecule is O=C(O)CC[C@@H]1N=C(c2ccccc2)c2ccccc2N2C1=NN[C@H]2S. The van der Waals surface area contributed by atoms with Gasteiger partial charge in [-0.1, -0.05) is 48.5 Å². The summed E-state index contributed by atoms with van der Waals surface area (Å²) < 4.78 is 0. The highest BCUT2D eigenvalue weighted by molar-refractivity contribution is 7.81. The molecule has 2 aromatic rings. The van der Waals surface area contributed by atoms with Crippen LogP contribution in [-0.2, 0) is 4.79 Å². The van der Waals surface area contributed by atoms with Crippen molar-refractivity contribution in [3.63, 3.8) is 0 Å². The number of rotatable bonds is 4. The monoisotopic (exact) mass is 366 g/mol. The minimum Gasteiger partial charge on any atom is -0.481 e. The van der Waals surface area contributed by atoms with Crippen molar-refractivity contribution in [2.24, 2.45) is 10.1 Å². The quantitative estimate of drug-likeness (QED) is 0.727. The van der Waals surface area contributed by atoms with Crippen LogP contribution in [-0.4, -0.2) is 34.2 Å². The van der Waals surface area contributed by atoms with E-state index in [0.717, 1.165) is 22.5 Å². The molecule has 26 heavy (non-hydrogen) atoms. The average molecular weight is 366 g/mol. The fourth-order valence-electron chi connectivity index (χ4n) is 3.30. The Morgan fingerprint density at radius 2 is 1.88 bits per heavy atom. The largest absolute Gasteiger partial charge is 0.481 e. The van der Waals surface area contributed by atoms with Gasteiger partial charge in [0.05, 0.1) is 11.4 Å². The topological polar surface area (TPSA) is 77.3 Å². The van der Waals surface area contributed by atoms with E-state index < -0.39 is 5.97 Å². The van der Waals surface area contributed by atoms with Crippen LogP contribution in [0.4, 0.5) is 5.69 Å². The van der Waals surface area contributed by atoms with E-state index >= 15 is 0 Å². The van der Waals surface area contributed by atoms with Gasteiger partial charge in [-0.15, -0.1) is 12.6 Å². The fourth-order valence-corrected chi connectivity index (χ4v) is 3.60. The van der Waals surface area contributed by atoms with Crippen LogP contribution in [0, 0.1) is 0 Å². The predicted molar refractivity (Wildman–Crippen MR) is 105 cm³/mol. The van der Waals surface area contributed by atoms with Gasteiger partial charge in [-0.25, -0.2) is 0 Å². The van der Waals surface area contributed by atoms with Crippen molar-refractivity contribution >= 4 is 35.8 Å². The summed E-state index contributed by atoms with van der Waals surface area (Å²) in [6.07, 6.45) is 0.397. The molecular weight excluding hydrogens is 348 g/mol. The number of carboxylic acids is 1. The van der Waals surface area contributed by atoms with E-state index in [1.54, 1.807) is 0 Å². The summed E-state index contributed by atoms with van der Waals surface area (Å²) in [5.41, 5.74) is 6.42. The Balaban J connectivity index is 1.88. The Morgan fingerprint density at radius 1 is 1.15 bits per heavy atom. The molecule has 6 nitrogen and oxygen atoms in total. The fraction of sp³-hybridized carbons (Fsp3) is 0.211. The second-order valence-electron chi connectivity index (χ2n) is 6.15. The number of aliphatic imine (C=N–C) groups is 1. The molecule has 7 heteroatoms. The van der Waals surface area contributed by atoms with Gasteiger partial charge >= 0.3 is 5.97 Å². The second-order valence-corrected chi connectivity index (χ2v) is 6.64. The van der Waals surface area contributed by atoms with E-state index in [9.17, 15) is 4.79 Å². The second kappa shape index (κ2) is 6.84. The summed E-state index contributed by atoms with van der Waals surface area (Å²) >= 11 is 4.59. The molecule has 2 aromatic carbocycles. The number of hydrogen-bond donors (Lipinski definition) is 3. The molecule has 0 saturated heterocycles. The van der Waals surface area contributed by atoms with E-state index in [1.807, 2.05) is 59.5 Å². The molecule has 2 heterocycles. The highest BCUT2D eigenvalue weighted by Crippen LogP contribution is 2.33. The maximum Gasteiger partial charge on any atom is 0.303 e. The first kappa shape index (κ1) is 16.7. The number of amidine groups is 1. The molecule has 2 atom stereocenters.